The third kappa shape index (κ3) is 2.94. The monoisotopic (exact) mass is 299 g/mol. The van der Waals surface area contributed by atoms with E-state index in [0.717, 1.165) is 25.3 Å². The van der Waals surface area contributed by atoms with E-state index < -0.39 is 11.7 Å². The van der Waals surface area contributed by atoms with E-state index in [0.29, 0.717) is 31.1 Å². The van der Waals surface area contributed by atoms with Gasteiger partial charge in [0.05, 0.1) is 11.7 Å². The Labute approximate surface area is 122 Å². The summed E-state index contributed by atoms with van der Waals surface area (Å²) in [5.41, 5.74) is 5.90. The number of hydrogen-bond donors (Lipinski definition) is 1. The minimum atomic E-state index is -4.30. The fourth-order valence-corrected chi connectivity index (χ4v) is 3.49. The van der Waals surface area contributed by atoms with Crippen LogP contribution in [0.4, 0.5) is 13.2 Å². The lowest BCUT2D eigenvalue weighted by Crippen LogP contribution is -2.41. The van der Waals surface area contributed by atoms with Crippen molar-refractivity contribution in [2.45, 2.75) is 38.0 Å². The predicted octanol–water partition coefficient (Wildman–Crippen LogP) is 3.39. The Balaban J connectivity index is 1.84. The van der Waals surface area contributed by atoms with Gasteiger partial charge in [-0.1, -0.05) is 18.2 Å². The summed E-state index contributed by atoms with van der Waals surface area (Å²) in [6.45, 7) is 1.13. The Morgan fingerprint density at radius 2 is 2.05 bits per heavy atom. The van der Waals surface area contributed by atoms with E-state index in [1.807, 2.05) is 0 Å². The molecular weight excluding hydrogens is 279 g/mol. The van der Waals surface area contributed by atoms with Crippen molar-refractivity contribution in [3.05, 3.63) is 35.4 Å². The number of ether oxygens (including phenoxy) is 1. The van der Waals surface area contributed by atoms with Gasteiger partial charge in [-0.25, -0.2) is 0 Å². The van der Waals surface area contributed by atoms with Crippen LogP contribution in [0.5, 0.6) is 0 Å². The molecule has 1 aromatic carbocycles. The molecular formula is C16H20F3NO. The molecule has 3 rings (SSSR count). The number of halogens is 3. The molecule has 0 aromatic heterocycles. The molecule has 1 aliphatic carbocycles. The van der Waals surface area contributed by atoms with Gasteiger partial charge in [0.2, 0.25) is 0 Å². The molecule has 1 aliphatic heterocycles. The summed E-state index contributed by atoms with van der Waals surface area (Å²) in [5, 5.41) is 0. The van der Waals surface area contributed by atoms with Crippen LogP contribution in [0.2, 0.25) is 0 Å². The lowest BCUT2D eigenvalue weighted by molar-refractivity contribution is -0.137. The largest absolute Gasteiger partial charge is 0.416 e. The third-order valence-electron chi connectivity index (χ3n) is 4.77. The minimum absolute atomic E-state index is 0.108. The summed E-state index contributed by atoms with van der Waals surface area (Å²) in [6, 6.07) is 5.60. The zero-order valence-electron chi connectivity index (χ0n) is 11.8. The smallest absolute Gasteiger partial charge is 0.377 e. The molecule has 2 nitrogen and oxygen atoms in total. The van der Waals surface area contributed by atoms with Crippen LogP contribution in [-0.4, -0.2) is 19.3 Å². The summed E-state index contributed by atoms with van der Waals surface area (Å²) in [6.07, 6.45) is -0.495. The molecule has 2 fully saturated rings. The van der Waals surface area contributed by atoms with Gasteiger partial charge in [0.15, 0.2) is 0 Å². The van der Waals surface area contributed by atoms with Crippen molar-refractivity contribution < 1.29 is 17.9 Å². The molecule has 2 aliphatic rings. The molecule has 1 aromatic rings. The van der Waals surface area contributed by atoms with Crippen molar-refractivity contribution >= 4 is 0 Å². The Bertz CT molecular complexity index is 512. The second-order valence-electron chi connectivity index (χ2n) is 6.32. The van der Waals surface area contributed by atoms with Crippen molar-refractivity contribution in [1.29, 1.82) is 0 Å². The highest BCUT2D eigenvalue weighted by molar-refractivity contribution is 5.27. The Kier molecular flexibility index (Phi) is 3.74. The van der Waals surface area contributed by atoms with Crippen LogP contribution >= 0.6 is 0 Å². The highest BCUT2D eigenvalue weighted by atomic mass is 19.4. The highest BCUT2D eigenvalue weighted by Gasteiger charge is 2.50. The van der Waals surface area contributed by atoms with E-state index in [4.69, 9.17) is 10.5 Å². The fraction of sp³-hybridized carbons (Fsp3) is 0.625. The van der Waals surface area contributed by atoms with Crippen LogP contribution < -0.4 is 5.73 Å². The van der Waals surface area contributed by atoms with Crippen LogP contribution in [0, 0.1) is 11.3 Å². The van der Waals surface area contributed by atoms with Gasteiger partial charge in [0.1, 0.15) is 0 Å². The molecule has 0 spiro atoms. The highest BCUT2D eigenvalue weighted by Crippen LogP contribution is 2.49. The fourth-order valence-electron chi connectivity index (χ4n) is 3.49. The normalized spacial score (nSPS) is 29.8. The van der Waals surface area contributed by atoms with E-state index in [1.165, 1.54) is 12.1 Å². The average Bonchev–Trinajstić information content (AvgIpc) is 3.20. The van der Waals surface area contributed by atoms with Crippen LogP contribution in [0.25, 0.3) is 0 Å². The van der Waals surface area contributed by atoms with Crippen molar-refractivity contribution in [2.75, 3.05) is 13.2 Å². The van der Waals surface area contributed by atoms with Gasteiger partial charge >= 0.3 is 6.18 Å². The van der Waals surface area contributed by atoms with Crippen LogP contribution in [-0.2, 0) is 17.3 Å². The summed E-state index contributed by atoms with van der Waals surface area (Å²) in [5.74, 6) is 0.543. The quantitative estimate of drug-likeness (QED) is 0.925. The van der Waals surface area contributed by atoms with E-state index >= 15 is 0 Å². The van der Waals surface area contributed by atoms with Crippen molar-refractivity contribution in [2.24, 2.45) is 17.1 Å². The lowest BCUT2D eigenvalue weighted by Gasteiger charge is -2.33. The van der Waals surface area contributed by atoms with Crippen molar-refractivity contribution in [3.8, 4) is 0 Å². The van der Waals surface area contributed by atoms with Crippen LogP contribution in [0.1, 0.15) is 30.4 Å². The van der Waals surface area contributed by atoms with Gasteiger partial charge in [0.25, 0.3) is 0 Å². The van der Waals surface area contributed by atoms with Crippen molar-refractivity contribution in [3.63, 3.8) is 0 Å². The molecule has 0 bridgehead atoms. The Morgan fingerprint density at radius 1 is 1.29 bits per heavy atom. The maximum Gasteiger partial charge on any atom is 0.416 e. The van der Waals surface area contributed by atoms with E-state index in [9.17, 15) is 13.2 Å². The number of hydrogen-bond acceptors (Lipinski definition) is 2. The van der Waals surface area contributed by atoms with Crippen LogP contribution in [0.3, 0.4) is 0 Å². The first-order valence-corrected chi connectivity index (χ1v) is 7.42. The second kappa shape index (κ2) is 5.29. The number of rotatable bonds is 4. The molecule has 2 unspecified atom stereocenters. The van der Waals surface area contributed by atoms with Gasteiger partial charge in [-0.05, 0) is 43.2 Å². The maximum atomic E-state index is 12.8. The molecule has 1 heterocycles. The molecule has 0 amide bonds. The van der Waals surface area contributed by atoms with Gasteiger partial charge in [-0.3, -0.25) is 0 Å². The van der Waals surface area contributed by atoms with E-state index in [-0.39, 0.29) is 11.5 Å². The molecule has 0 radical (unpaired) electrons. The second-order valence-corrected chi connectivity index (χ2v) is 6.32. The standard InChI is InChI=1S/C16H20F3NO/c17-16(18,19)13-3-1-2-11(8-13)9-15(10-20)6-7-21-14(15)12-4-5-12/h1-3,8,12,14H,4-7,9-10,20H2. The zero-order chi connectivity index (χ0) is 15.1. The maximum absolute atomic E-state index is 12.8. The molecule has 2 N–H and O–H groups in total. The Morgan fingerprint density at radius 3 is 2.67 bits per heavy atom. The van der Waals surface area contributed by atoms with E-state index in [1.54, 1.807) is 6.07 Å². The first-order valence-electron chi connectivity index (χ1n) is 7.42. The average molecular weight is 299 g/mol. The molecule has 5 heteroatoms. The summed E-state index contributed by atoms with van der Waals surface area (Å²) < 4.78 is 44.3. The van der Waals surface area contributed by atoms with Crippen molar-refractivity contribution in [1.82, 2.24) is 0 Å². The van der Waals surface area contributed by atoms with Gasteiger partial charge in [-0.2, -0.15) is 13.2 Å². The first-order chi connectivity index (χ1) is 9.94. The zero-order valence-corrected chi connectivity index (χ0v) is 11.8. The Hall–Kier alpha value is -1.07. The molecule has 1 saturated heterocycles. The van der Waals surface area contributed by atoms with Gasteiger partial charge in [-0.15, -0.1) is 0 Å². The SMILES string of the molecule is NCC1(Cc2cccc(C(F)(F)F)c2)CCOC1C1CC1. The van der Waals surface area contributed by atoms with Crippen LogP contribution in [0.15, 0.2) is 24.3 Å². The van der Waals surface area contributed by atoms with Gasteiger partial charge in [0, 0.05) is 18.6 Å². The molecule has 116 valence electrons. The number of nitrogens with two attached hydrogens (primary N) is 1. The summed E-state index contributed by atoms with van der Waals surface area (Å²) >= 11 is 0. The minimum Gasteiger partial charge on any atom is -0.377 e. The first kappa shape index (κ1) is 14.9. The van der Waals surface area contributed by atoms with Gasteiger partial charge < -0.3 is 10.5 Å². The molecule has 2 atom stereocenters. The molecule has 1 saturated carbocycles. The topological polar surface area (TPSA) is 35.2 Å². The molecule has 21 heavy (non-hydrogen) atoms. The number of alkyl halides is 3. The van der Waals surface area contributed by atoms with E-state index in [2.05, 4.69) is 0 Å². The number of benzene rings is 1. The lowest BCUT2D eigenvalue weighted by atomic mass is 9.74. The third-order valence-corrected chi connectivity index (χ3v) is 4.77. The summed E-state index contributed by atoms with van der Waals surface area (Å²) in [4.78, 5) is 0. The summed E-state index contributed by atoms with van der Waals surface area (Å²) in [7, 11) is 0. The predicted molar refractivity (Wildman–Crippen MR) is 73.7 cm³/mol.